The van der Waals surface area contributed by atoms with Crippen molar-refractivity contribution >= 4 is 11.8 Å². The molecule has 0 heterocycles. The standard InChI is InChI=1S/C4H9NS/c1-5-3-4-6-2/h1,5H,3-4H2,2H3. The quantitative estimate of drug-likeness (QED) is 0.415. The second-order valence-corrected chi connectivity index (χ2v) is 1.93. The minimum absolute atomic E-state index is 0.904. The molecule has 6 heavy (non-hydrogen) atoms. The molecule has 1 nitrogen and oxygen atoms in total. The summed E-state index contributed by atoms with van der Waals surface area (Å²) in [6, 6.07) is 0. The Morgan fingerprint density at radius 2 is 2.50 bits per heavy atom. The molecular formula is C4H9NS. The van der Waals surface area contributed by atoms with Crippen LogP contribution >= 0.6 is 11.8 Å². The summed E-state index contributed by atoms with van der Waals surface area (Å²) in [6.45, 7) is 0.904. The first-order valence-corrected chi connectivity index (χ1v) is 3.23. The molecule has 0 bridgehead atoms. The molecule has 0 fully saturated rings. The van der Waals surface area contributed by atoms with E-state index < -0.39 is 0 Å². The molecule has 36 valence electrons. The van der Waals surface area contributed by atoms with Crippen LogP contribution in [0.2, 0.25) is 0 Å². The predicted molar refractivity (Wildman–Crippen MR) is 30.7 cm³/mol. The van der Waals surface area contributed by atoms with E-state index in [4.69, 9.17) is 7.05 Å². The molecule has 2 radical (unpaired) electrons. The van der Waals surface area contributed by atoms with Crippen molar-refractivity contribution in [1.29, 1.82) is 0 Å². The van der Waals surface area contributed by atoms with Crippen molar-refractivity contribution in [2.24, 2.45) is 0 Å². The van der Waals surface area contributed by atoms with E-state index in [0.717, 1.165) is 12.3 Å². The van der Waals surface area contributed by atoms with Gasteiger partial charge in [-0.25, -0.2) is 0 Å². The van der Waals surface area contributed by atoms with E-state index in [1.165, 1.54) is 0 Å². The van der Waals surface area contributed by atoms with Gasteiger partial charge in [0.15, 0.2) is 0 Å². The van der Waals surface area contributed by atoms with Crippen molar-refractivity contribution in [2.45, 2.75) is 0 Å². The van der Waals surface area contributed by atoms with Crippen LogP contribution < -0.4 is 5.32 Å². The Balaban J connectivity index is 2.34. The van der Waals surface area contributed by atoms with Crippen molar-refractivity contribution in [3.63, 3.8) is 0 Å². The summed E-state index contributed by atoms with van der Waals surface area (Å²) in [6.07, 6.45) is 2.05. The van der Waals surface area contributed by atoms with Crippen molar-refractivity contribution < 1.29 is 0 Å². The molecule has 0 aromatic carbocycles. The van der Waals surface area contributed by atoms with Crippen molar-refractivity contribution in [1.82, 2.24) is 5.32 Å². The lowest BCUT2D eigenvalue weighted by Crippen LogP contribution is -2.06. The van der Waals surface area contributed by atoms with Crippen LogP contribution in [-0.2, 0) is 0 Å². The average Bonchev–Trinajstić information content (AvgIpc) is 1.61. The van der Waals surface area contributed by atoms with Gasteiger partial charge in [0.25, 0.3) is 0 Å². The Hall–Kier alpha value is 0.310. The Kier molecular flexibility index (Phi) is 5.58. The van der Waals surface area contributed by atoms with Crippen LogP contribution in [0.5, 0.6) is 0 Å². The fraction of sp³-hybridized carbons (Fsp3) is 0.750. The first kappa shape index (κ1) is 6.31. The molecule has 0 rings (SSSR count). The van der Waals surface area contributed by atoms with Gasteiger partial charge in [0, 0.05) is 19.3 Å². The fourth-order valence-electron chi connectivity index (χ4n) is 0.161. The molecule has 0 aromatic rings. The van der Waals surface area contributed by atoms with Gasteiger partial charge < -0.3 is 5.32 Å². The summed E-state index contributed by atoms with van der Waals surface area (Å²) >= 11 is 1.78. The Labute approximate surface area is 43.5 Å². The molecule has 0 spiro atoms. The third kappa shape index (κ3) is 4.31. The van der Waals surface area contributed by atoms with Crippen LogP contribution in [0.25, 0.3) is 0 Å². The van der Waals surface area contributed by atoms with Gasteiger partial charge in [0.2, 0.25) is 0 Å². The lowest BCUT2D eigenvalue weighted by Gasteiger charge is -1.89. The highest BCUT2D eigenvalue weighted by Crippen LogP contribution is 1.85. The van der Waals surface area contributed by atoms with Crippen LogP contribution in [0.15, 0.2) is 0 Å². The monoisotopic (exact) mass is 103 g/mol. The van der Waals surface area contributed by atoms with Gasteiger partial charge in [0.05, 0.1) is 0 Å². The van der Waals surface area contributed by atoms with E-state index in [9.17, 15) is 0 Å². The number of rotatable bonds is 3. The lowest BCUT2D eigenvalue weighted by molar-refractivity contribution is 0.926. The minimum atomic E-state index is 0.904. The van der Waals surface area contributed by atoms with Crippen LogP contribution in [-0.4, -0.2) is 18.6 Å². The molecule has 0 aliphatic rings. The first-order chi connectivity index (χ1) is 2.91. The highest BCUT2D eigenvalue weighted by Gasteiger charge is 1.73. The van der Waals surface area contributed by atoms with Gasteiger partial charge in [-0.3, -0.25) is 0 Å². The maximum Gasteiger partial charge on any atom is 0.0407 e. The summed E-state index contributed by atoms with van der Waals surface area (Å²) in [7, 11) is 4.95. The van der Waals surface area contributed by atoms with E-state index in [0.29, 0.717) is 0 Å². The Bertz CT molecular complexity index is 19.5. The minimum Gasteiger partial charge on any atom is -0.310 e. The van der Waals surface area contributed by atoms with Gasteiger partial charge in [0.1, 0.15) is 0 Å². The van der Waals surface area contributed by atoms with Crippen LogP contribution in [0.3, 0.4) is 0 Å². The molecule has 0 aliphatic carbocycles. The van der Waals surface area contributed by atoms with Gasteiger partial charge in [-0.15, -0.1) is 0 Å². The zero-order valence-electron chi connectivity index (χ0n) is 3.90. The van der Waals surface area contributed by atoms with Gasteiger partial charge >= 0.3 is 0 Å². The second kappa shape index (κ2) is 5.31. The molecular weight excluding hydrogens is 94.1 g/mol. The van der Waals surface area contributed by atoms with E-state index in [-0.39, 0.29) is 0 Å². The number of nitrogens with one attached hydrogen (secondary N) is 1. The number of hydrogen-bond acceptors (Lipinski definition) is 2. The summed E-state index contributed by atoms with van der Waals surface area (Å²) in [4.78, 5) is 0. The number of thioether (sulfide) groups is 1. The average molecular weight is 103 g/mol. The third-order valence-electron chi connectivity index (χ3n) is 0.451. The zero-order valence-corrected chi connectivity index (χ0v) is 4.72. The summed E-state index contributed by atoms with van der Waals surface area (Å²) < 4.78 is 0. The summed E-state index contributed by atoms with van der Waals surface area (Å²) in [5.41, 5.74) is 0. The maximum absolute atomic E-state index is 4.95. The highest BCUT2D eigenvalue weighted by atomic mass is 32.2. The molecule has 0 atom stereocenters. The van der Waals surface area contributed by atoms with E-state index in [2.05, 4.69) is 11.6 Å². The molecule has 2 heteroatoms. The molecule has 0 saturated heterocycles. The fourth-order valence-corrected chi connectivity index (χ4v) is 0.483. The van der Waals surface area contributed by atoms with E-state index in [1.807, 2.05) is 0 Å². The Morgan fingerprint density at radius 3 is 2.67 bits per heavy atom. The normalized spacial score (nSPS) is 9.00. The van der Waals surface area contributed by atoms with Crippen molar-refractivity contribution in [3.8, 4) is 0 Å². The first-order valence-electron chi connectivity index (χ1n) is 1.84. The summed E-state index contributed by atoms with van der Waals surface area (Å²) in [5.74, 6) is 1.09. The molecule has 0 unspecified atom stereocenters. The van der Waals surface area contributed by atoms with Gasteiger partial charge in [-0.1, -0.05) is 0 Å². The van der Waals surface area contributed by atoms with Crippen LogP contribution in [0.4, 0.5) is 0 Å². The molecule has 0 saturated carbocycles. The largest absolute Gasteiger partial charge is 0.310 e. The molecule has 0 amide bonds. The highest BCUT2D eigenvalue weighted by molar-refractivity contribution is 7.98. The summed E-state index contributed by atoms with van der Waals surface area (Å²) in [5, 5.41) is 2.55. The van der Waals surface area contributed by atoms with Crippen LogP contribution in [0, 0.1) is 7.05 Å². The van der Waals surface area contributed by atoms with E-state index in [1.54, 1.807) is 11.8 Å². The van der Waals surface area contributed by atoms with Gasteiger partial charge in [-0.05, 0) is 6.26 Å². The zero-order chi connectivity index (χ0) is 4.83. The molecule has 0 aliphatic heterocycles. The maximum atomic E-state index is 4.95. The topological polar surface area (TPSA) is 12.0 Å². The third-order valence-corrected chi connectivity index (χ3v) is 1.06. The smallest absolute Gasteiger partial charge is 0.0407 e. The second-order valence-electron chi connectivity index (χ2n) is 0.947. The van der Waals surface area contributed by atoms with Crippen LogP contribution in [0.1, 0.15) is 0 Å². The SMILES string of the molecule is [CH]NCCSC. The van der Waals surface area contributed by atoms with Gasteiger partial charge in [-0.2, -0.15) is 11.8 Å². The van der Waals surface area contributed by atoms with Crippen molar-refractivity contribution in [2.75, 3.05) is 18.6 Å². The van der Waals surface area contributed by atoms with Crippen molar-refractivity contribution in [3.05, 3.63) is 7.05 Å². The molecule has 0 aromatic heterocycles. The number of hydrogen-bond donors (Lipinski definition) is 1. The van der Waals surface area contributed by atoms with E-state index >= 15 is 0 Å². The lowest BCUT2D eigenvalue weighted by atomic mass is 10.8. The molecule has 1 N–H and O–H groups in total. The Morgan fingerprint density at radius 1 is 1.83 bits per heavy atom. The predicted octanol–water partition coefficient (Wildman–Crippen LogP) is 0.608.